The van der Waals surface area contributed by atoms with Crippen LogP contribution < -0.4 is 4.72 Å². The average molecular weight is 305 g/mol. The van der Waals surface area contributed by atoms with E-state index in [4.69, 9.17) is 4.74 Å². The van der Waals surface area contributed by atoms with E-state index in [9.17, 15) is 13.2 Å². The fourth-order valence-electron chi connectivity index (χ4n) is 2.09. The van der Waals surface area contributed by atoms with Crippen LogP contribution in [0.3, 0.4) is 0 Å². The van der Waals surface area contributed by atoms with Crippen LogP contribution in [-0.4, -0.2) is 32.3 Å². The molecule has 0 bridgehead atoms. The van der Waals surface area contributed by atoms with Crippen molar-refractivity contribution in [1.82, 2.24) is 4.72 Å². The standard InChI is InChI=1S/C14H27NO4S/c1-5-14(3,4)13(16)19-12-9-7-11(8-10-12)15-20(17,18)6-2/h11-12,15H,5-10H2,1-4H3. The van der Waals surface area contributed by atoms with E-state index in [1.165, 1.54) is 0 Å². The summed E-state index contributed by atoms with van der Waals surface area (Å²) in [5, 5.41) is 0. The molecule has 0 spiro atoms. The van der Waals surface area contributed by atoms with Crippen molar-refractivity contribution in [3.63, 3.8) is 0 Å². The molecule has 0 aromatic rings. The third kappa shape index (κ3) is 5.05. The first-order valence-corrected chi connectivity index (χ1v) is 9.06. The van der Waals surface area contributed by atoms with Crippen LogP contribution in [-0.2, 0) is 19.6 Å². The highest BCUT2D eigenvalue weighted by atomic mass is 32.2. The Bertz CT molecular complexity index is 422. The highest BCUT2D eigenvalue weighted by Crippen LogP contribution is 2.27. The molecule has 5 nitrogen and oxygen atoms in total. The number of ether oxygens (including phenoxy) is 1. The lowest BCUT2D eigenvalue weighted by atomic mass is 9.89. The lowest BCUT2D eigenvalue weighted by molar-refractivity contribution is -0.161. The van der Waals surface area contributed by atoms with Crippen LogP contribution in [0.4, 0.5) is 0 Å². The molecule has 1 fully saturated rings. The number of carbonyl (C=O) groups is 1. The van der Waals surface area contributed by atoms with Gasteiger partial charge in [-0.25, -0.2) is 13.1 Å². The van der Waals surface area contributed by atoms with Crippen LogP contribution in [0.15, 0.2) is 0 Å². The molecule has 20 heavy (non-hydrogen) atoms. The summed E-state index contributed by atoms with van der Waals surface area (Å²) < 4.78 is 31.2. The Balaban J connectivity index is 2.42. The summed E-state index contributed by atoms with van der Waals surface area (Å²) in [4.78, 5) is 12.0. The van der Waals surface area contributed by atoms with E-state index < -0.39 is 15.4 Å². The van der Waals surface area contributed by atoms with Gasteiger partial charge >= 0.3 is 5.97 Å². The van der Waals surface area contributed by atoms with Gasteiger partial charge in [-0.15, -0.1) is 0 Å². The maximum absolute atomic E-state index is 12.0. The quantitative estimate of drug-likeness (QED) is 0.764. The highest BCUT2D eigenvalue weighted by molar-refractivity contribution is 7.89. The minimum atomic E-state index is -3.14. The fourth-order valence-corrected chi connectivity index (χ4v) is 3.00. The van der Waals surface area contributed by atoms with Crippen molar-refractivity contribution in [3.8, 4) is 0 Å². The zero-order valence-electron chi connectivity index (χ0n) is 12.9. The Hall–Kier alpha value is -0.620. The molecule has 1 N–H and O–H groups in total. The second kappa shape index (κ2) is 6.89. The molecule has 0 aromatic carbocycles. The molecule has 118 valence electrons. The lowest BCUT2D eigenvalue weighted by Gasteiger charge is -2.31. The second-order valence-electron chi connectivity index (χ2n) is 6.14. The summed E-state index contributed by atoms with van der Waals surface area (Å²) in [5.41, 5.74) is -0.444. The molecule has 0 amide bonds. The van der Waals surface area contributed by atoms with Gasteiger partial charge in [0, 0.05) is 6.04 Å². The summed E-state index contributed by atoms with van der Waals surface area (Å²) in [5.74, 6) is -0.0512. The van der Waals surface area contributed by atoms with Gasteiger partial charge in [0.15, 0.2) is 0 Å². The summed E-state index contributed by atoms with van der Waals surface area (Å²) in [7, 11) is -3.14. The first-order valence-electron chi connectivity index (χ1n) is 7.41. The number of carbonyl (C=O) groups excluding carboxylic acids is 1. The first kappa shape index (κ1) is 17.4. The zero-order valence-corrected chi connectivity index (χ0v) is 13.8. The third-order valence-corrected chi connectivity index (χ3v) is 5.56. The molecular formula is C14H27NO4S. The van der Waals surface area contributed by atoms with E-state index in [0.717, 1.165) is 32.1 Å². The van der Waals surface area contributed by atoms with E-state index in [2.05, 4.69) is 4.72 Å². The van der Waals surface area contributed by atoms with Crippen LogP contribution >= 0.6 is 0 Å². The molecule has 0 atom stereocenters. The first-order chi connectivity index (χ1) is 9.20. The number of esters is 1. The van der Waals surface area contributed by atoms with Gasteiger partial charge in [-0.3, -0.25) is 4.79 Å². The normalized spacial score (nSPS) is 24.4. The smallest absolute Gasteiger partial charge is 0.311 e. The van der Waals surface area contributed by atoms with Gasteiger partial charge in [-0.2, -0.15) is 0 Å². The summed E-state index contributed by atoms with van der Waals surface area (Å²) >= 11 is 0. The largest absolute Gasteiger partial charge is 0.462 e. The monoisotopic (exact) mass is 305 g/mol. The van der Waals surface area contributed by atoms with Gasteiger partial charge in [0.1, 0.15) is 6.10 Å². The molecule has 0 radical (unpaired) electrons. The number of rotatable bonds is 6. The summed E-state index contributed by atoms with van der Waals surface area (Å²) in [6.07, 6.45) is 3.58. The summed E-state index contributed by atoms with van der Waals surface area (Å²) in [6, 6.07) is -0.0194. The van der Waals surface area contributed by atoms with Gasteiger partial charge in [0.05, 0.1) is 11.2 Å². The predicted octanol–water partition coefficient (Wildman–Crippen LogP) is 2.22. The van der Waals surface area contributed by atoms with Crippen molar-refractivity contribution in [2.24, 2.45) is 5.41 Å². The van der Waals surface area contributed by atoms with Gasteiger partial charge in [-0.1, -0.05) is 6.92 Å². The molecule has 6 heteroatoms. The number of hydrogen-bond donors (Lipinski definition) is 1. The summed E-state index contributed by atoms with van der Waals surface area (Å²) in [6.45, 7) is 7.37. The topological polar surface area (TPSA) is 72.5 Å². The highest BCUT2D eigenvalue weighted by Gasteiger charge is 2.32. The SMILES string of the molecule is CCC(C)(C)C(=O)OC1CCC(NS(=O)(=O)CC)CC1. The lowest BCUT2D eigenvalue weighted by Crippen LogP contribution is -2.41. The van der Waals surface area contributed by atoms with E-state index >= 15 is 0 Å². The van der Waals surface area contributed by atoms with E-state index in [0.29, 0.717) is 0 Å². The van der Waals surface area contributed by atoms with Gasteiger partial charge in [0.2, 0.25) is 10.0 Å². The van der Waals surface area contributed by atoms with Gasteiger partial charge in [-0.05, 0) is 52.9 Å². The molecule has 0 unspecified atom stereocenters. The second-order valence-corrected chi connectivity index (χ2v) is 8.18. The van der Waals surface area contributed by atoms with Crippen molar-refractivity contribution in [3.05, 3.63) is 0 Å². The van der Waals surface area contributed by atoms with Crippen molar-refractivity contribution < 1.29 is 17.9 Å². The molecule has 1 rings (SSSR count). The Labute approximate surface area is 122 Å². The molecule has 1 aliphatic carbocycles. The van der Waals surface area contributed by atoms with Crippen LogP contribution in [0.25, 0.3) is 0 Å². The maximum Gasteiger partial charge on any atom is 0.311 e. The third-order valence-electron chi connectivity index (χ3n) is 4.11. The number of hydrogen-bond acceptors (Lipinski definition) is 4. The van der Waals surface area contributed by atoms with Gasteiger partial charge in [0.25, 0.3) is 0 Å². The van der Waals surface area contributed by atoms with E-state index in [-0.39, 0.29) is 23.9 Å². The van der Waals surface area contributed by atoms with Gasteiger partial charge < -0.3 is 4.74 Å². The van der Waals surface area contributed by atoms with Crippen molar-refractivity contribution in [2.45, 2.75) is 71.9 Å². The average Bonchev–Trinajstić information content (AvgIpc) is 2.40. The number of nitrogens with one attached hydrogen (secondary N) is 1. The van der Waals surface area contributed by atoms with Crippen molar-refractivity contribution in [2.75, 3.05) is 5.75 Å². The van der Waals surface area contributed by atoms with Crippen molar-refractivity contribution in [1.29, 1.82) is 0 Å². The Morgan fingerprint density at radius 3 is 2.20 bits per heavy atom. The molecule has 1 aliphatic rings. The van der Waals surface area contributed by atoms with E-state index in [1.54, 1.807) is 6.92 Å². The van der Waals surface area contributed by atoms with Crippen LogP contribution in [0.1, 0.15) is 59.8 Å². The molecule has 1 saturated carbocycles. The Kier molecular flexibility index (Phi) is 6.01. The van der Waals surface area contributed by atoms with Crippen LogP contribution in [0, 0.1) is 5.41 Å². The minimum absolute atomic E-state index is 0.0194. The van der Waals surface area contributed by atoms with E-state index in [1.807, 2.05) is 20.8 Å². The Morgan fingerprint density at radius 1 is 1.20 bits per heavy atom. The zero-order chi connectivity index (χ0) is 15.4. The molecular weight excluding hydrogens is 278 g/mol. The Morgan fingerprint density at radius 2 is 1.75 bits per heavy atom. The minimum Gasteiger partial charge on any atom is -0.462 e. The maximum atomic E-state index is 12.0. The van der Waals surface area contributed by atoms with Crippen molar-refractivity contribution >= 4 is 16.0 Å². The molecule has 0 aliphatic heterocycles. The molecule has 0 saturated heterocycles. The number of sulfonamides is 1. The predicted molar refractivity (Wildman–Crippen MR) is 78.8 cm³/mol. The fraction of sp³-hybridized carbons (Fsp3) is 0.929. The molecule has 0 heterocycles. The van der Waals surface area contributed by atoms with Crippen LogP contribution in [0.5, 0.6) is 0 Å². The van der Waals surface area contributed by atoms with Crippen LogP contribution in [0.2, 0.25) is 0 Å². The molecule has 0 aromatic heterocycles.